The Balaban J connectivity index is 1.95. The van der Waals surface area contributed by atoms with Gasteiger partial charge in [0.25, 0.3) is 0 Å². The zero-order chi connectivity index (χ0) is 13.4. The van der Waals surface area contributed by atoms with Crippen LogP contribution in [-0.4, -0.2) is 35.1 Å². The molecule has 1 saturated carbocycles. The molecule has 0 unspecified atom stereocenters. The van der Waals surface area contributed by atoms with Crippen LogP contribution in [0.15, 0.2) is 18.2 Å². The van der Waals surface area contributed by atoms with Crippen LogP contribution >= 0.6 is 0 Å². The molecular weight excluding hydrogens is 236 g/mol. The lowest BCUT2D eigenvalue weighted by Gasteiger charge is -2.12. The van der Waals surface area contributed by atoms with Gasteiger partial charge in [-0.25, -0.2) is 4.98 Å². The third-order valence-electron chi connectivity index (χ3n) is 3.77. The van der Waals surface area contributed by atoms with Gasteiger partial charge in [0.1, 0.15) is 11.3 Å². The van der Waals surface area contributed by atoms with Crippen LogP contribution in [0, 0.1) is 0 Å². The van der Waals surface area contributed by atoms with Crippen molar-refractivity contribution in [3.05, 3.63) is 24.0 Å². The van der Waals surface area contributed by atoms with E-state index >= 15 is 0 Å². The molecular formula is C15H22N4. The Hall–Kier alpha value is -1.55. The minimum Gasteiger partial charge on any atom is -0.397 e. The molecule has 4 nitrogen and oxygen atoms in total. The number of anilines is 1. The van der Waals surface area contributed by atoms with Gasteiger partial charge < -0.3 is 15.2 Å². The van der Waals surface area contributed by atoms with E-state index in [9.17, 15) is 0 Å². The van der Waals surface area contributed by atoms with Crippen molar-refractivity contribution in [3.8, 4) is 0 Å². The molecule has 0 spiro atoms. The molecule has 0 bridgehead atoms. The number of nitrogens with two attached hydrogens (primary N) is 1. The molecule has 2 N–H and O–H groups in total. The maximum Gasteiger partial charge on any atom is 0.113 e. The van der Waals surface area contributed by atoms with E-state index in [0.717, 1.165) is 30.7 Å². The van der Waals surface area contributed by atoms with Gasteiger partial charge in [0.15, 0.2) is 0 Å². The van der Waals surface area contributed by atoms with Gasteiger partial charge in [0.05, 0.1) is 11.2 Å². The highest BCUT2D eigenvalue weighted by Crippen LogP contribution is 2.41. The van der Waals surface area contributed by atoms with E-state index in [0.29, 0.717) is 5.92 Å². The Morgan fingerprint density at radius 2 is 2.16 bits per heavy atom. The number of fused-ring (bicyclic) bond motifs is 1. The fraction of sp³-hybridized carbons (Fsp3) is 0.533. The predicted molar refractivity (Wildman–Crippen MR) is 79.3 cm³/mol. The molecule has 0 amide bonds. The standard InChI is InChI=1S/C15H22N4/c1-18(2)9-4-10-19-13-6-3-5-12(16)14(13)17-15(19)11-7-8-11/h3,5-6,11H,4,7-10,16H2,1-2H3. The van der Waals surface area contributed by atoms with E-state index in [1.54, 1.807) is 0 Å². The number of imidazole rings is 1. The molecule has 102 valence electrons. The van der Waals surface area contributed by atoms with Crippen molar-refractivity contribution in [2.75, 3.05) is 26.4 Å². The minimum atomic E-state index is 0.658. The lowest BCUT2D eigenvalue weighted by molar-refractivity contribution is 0.386. The summed E-state index contributed by atoms with van der Waals surface area (Å²) in [5.74, 6) is 1.90. The Kier molecular flexibility index (Phi) is 3.19. The van der Waals surface area contributed by atoms with Crippen LogP contribution < -0.4 is 5.73 Å². The molecule has 0 atom stereocenters. The minimum absolute atomic E-state index is 0.658. The zero-order valence-electron chi connectivity index (χ0n) is 11.8. The largest absolute Gasteiger partial charge is 0.397 e. The number of hydrogen-bond acceptors (Lipinski definition) is 3. The number of para-hydroxylation sites is 1. The SMILES string of the molecule is CN(C)CCCn1c(C2CC2)nc2c(N)cccc21. The van der Waals surface area contributed by atoms with E-state index in [-0.39, 0.29) is 0 Å². The number of hydrogen-bond donors (Lipinski definition) is 1. The monoisotopic (exact) mass is 258 g/mol. The van der Waals surface area contributed by atoms with Gasteiger partial charge in [0.2, 0.25) is 0 Å². The van der Waals surface area contributed by atoms with Crippen molar-refractivity contribution in [1.29, 1.82) is 0 Å². The van der Waals surface area contributed by atoms with Gasteiger partial charge in [-0.3, -0.25) is 0 Å². The summed E-state index contributed by atoms with van der Waals surface area (Å²) in [7, 11) is 4.23. The quantitative estimate of drug-likeness (QED) is 0.838. The van der Waals surface area contributed by atoms with Crippen LogP contribution in [0.3, 0.4) is 0 Å². The van der Waals surface area contributed by atoms with Gasteiger partial charge >= 0.3 is 0 Å². The summed E-state index contributed by atoms with van der Waals surface area (Å²) in [6.07, 6.45) is 3.70. The summed E-state index contributed by atoms with van der Waals surface area (Å²) in [6, 6.07) is 6.11. The molecule has 1 aliphatic carbocycles. The fourth-order valence-corrected chi connectivity index (χ4v) is 2.62. The molecule has 1 aromatic carbocycles. The van der Waals surface area contributed by atoms with E-state index in [2.05, 4.69) is 29.6 Å². The molecule has 1 aromatic heterocycles. The van der Waals surface area contributed by atoms with Crippen LogP contribution in [0.1, 0.15) is 31.0 Å². The van der Waals surface area contributed by atoms with Crippen molar-refractivity contribution in [3.63, 3.8) is 0 Å². The second kappa shape index (κ2) is 4.85. The predicted octanol–water partition coefficient (Wildman–Crippen LogP) is 2.45. The van der Waals surface area contributed by atoms with Gasteiger partial charge in [-0.1, -0.05) is 6.07 Å². The summed E-state index contributed by atoms with van der Waals surface area (Å²) < 4.78 is 2.38. The third kappa shape index (κ3) is 2.45. The Labute approximate surface area is 114 Å². The molecule has 0 saturated heterocycles. The summed E-state index contributed by atoms with van der Waals surface area (Å²) in [5.41, 5.74) is 9.02. The summed E-state index contributed by atoms with van der Waals surface area (Å²) in [4.78, 5) is 7.02. The van der Waals surface area contributed by atoms with Gasteiger partial charge in [-0.15, -0.1) is 0 Å². The highest BCUT2D eigenvalue weighted by molar-refractivity contribution is 5.87. The molecule has 4 heteroatoms. The second-order valence-electron chi connectivity index (χ2n) is 5.77. The van der Waals surface area contributed by atoms with Crippen molar-refractivity contribution in [1.82, 2.24) is 14.5 Å². The van der Waals surface area contributed by atoms with Crippen LogP contribution in [0.4, 0.5) is 5.69 Å². The third-order valence-corrected chi connectivity index (χ3v) is 3.77. The topological polar surface area (TPSA) is 47.1 Å². The molecule has 1 heterocycles. The summed E-state index contributed by atoms with van der Waals surface area (Å²) in [6.45, 7) is 2.13. The van der Waals surface area contributed by atoms with Crippen LogP contribution in [0.5, 0.6) is 0 Å². The fourth-order valence-electron chi connectivity index (χ4n) is 2.62. The van der Waals surface area contributed by atoms with Gasteiger partial charge in [-0.2, -0.15) is 0 Å². The molecule has 2 aromatic rings. The summed E-state index contributed by atoms with van der Waals surface area (Å²) in [5, 5.41) is 0. The highest BCUT2D eigenvalue weighted by atomic mass is 15.1. The van der Waals surface area contributed by atoms with E-state index in [1.807, 2.05) is 12.1 Å². The van der Waals surface area contributed by atoms with Gasteiger partial charge in [0, 0.05) is 12.5 Å². The number of rotatable bonds is 5. The smallest absolute Gasteiger partial charge is 0.113 e. The number of benzene rings is 1. The number of aromatic nitrogens is 2. The first-order valence-electron chi connectivity index (χ1n) is 7.06. The average Bonchev–Trinajstić information content (AvgIpc) is 3.13. The maximum atomic E-state index is 6.05. The molecule has 1 fully saturated rings. The molecule has 0 radical (unpaired) electrons. The number of nitrogens with zero attached hydrogens (tertiary/aromatic N) is 3. The number of aryl methyl sites for hydroxylation is 1. The molecule has 19 heavy (non-hydrogen) atoms. The van der Waals surface area contributed by atoms with E-state index < -0.39 is 0 Å². The Morgan fingerprint density at radius 3 is 2.84 bits per heavy atom. The molecule has 1 aliphatic rings. The maximum absolute atomic E-state index is 6.05. The van der Waals surface area contributed by atoms with Crippen LogP contribution in [-0.2, 0) is 6.54 Å². The second-order valence-corrected chi connectivity index (χ2v) is 5.77. The average molecular weight is 258 g/mol. The Morgan fingerprint density at radius 1 is 1.37 bits per heavy atom. The van der Waals surface area contributed by atoms with E-state index in [1.165, 1.54) is 24.2 Å². The van der Waals surface area contributed by atoms with Crippen molar-refractivity contribution >= 4 is 16.7 Å². The first-order chi connectivity index (χ1) is 9.16. The van der Waals surface area contributed by atoms with E-state index in [4.69, 9.17) is 10.7 Å². The Bertz CT molecular complexity index is 581. The zero-order valence-corrected chi connectivity index (χ0v) is 11.8. The molecule has 3 rings (SSSR count). The van der Waals surface area contributed by atoms with Crippen LogP contribution in [0.25, 0.3) is 11.0 Å². The van der Waals surface area contributed by atoms with Crippen molar-refractivity contribution < 1.29 is 0 Å². The first kappa shape index (κ1) is 12.5. The van der Waals surface area contributed by atoms with Gasteiger partial charge in [-0.05, 0) is 52.0 Å². The number of nitrogen functional groups attached to an aromatic ring is 1. The lowest BCUT2D eigenvalue weighted by atomic mass is 10.2. The highest BCUT2D eigenvalue weighted by Gasteiger charge is 2.29. The molecule has 0 aliphatic heterocycles. The normalized spacial score (nSPS) is 15.5. The van der Waals surface area contributed by atoms with Crippen molar-refractivity contribution in [2.45, 2.75) is 31.7 Å². The lowest BCUT2D eigenvalue weighted by Crippen LogP contribution is -2.15. The van der Waals surface area contributed by atoms with Crippen LogP contribution in [0.2, 0.25) is 0 Å². The first-order valence-corrected chi connectivity index (χ1v) is 7.06. The summed E-state index contributed by atoms with van der Waals surface area (Å²) >= 11 is 0. The van der Waals surface area contributed by atoms with Crippen molar-refractivity contribution in [2.24, 2.45) is 0 Å².